The van der Waals surface area contributed by atoms with Gasteiger partial charge in [-0.1, -0.05) is 11.3 Å². The summed E-state index contributed by atoms with van der Waals surface area (Å²) in [6, 6.07) is 7.71. The van der Waals surface area contributed by atoms with E-state index in [1.54, 1.807) is 5.51 Å². The summed E-state index contributed by atoms with van der Waals surface area (Å²) in [7, 11) is 0. The molecule has 0 bridgehead atoms. The van der Waals surface area contributed by atoms with E-state index in [9.17, 15) is 0 Å². The summed E-state index contributed by atoms with van der Waals surface area (Å²) in [5.74, 6) is 0. The van der Waals surface area contributed by atoms with E-state index < -0.39 is 0 Å². The molecule has 1 N–H and O–H groups in total. The number of anilines is 1. The van der Waals surface area contributed by atoms with Gasteiger partial charge in [-0.05, 0) is 31.2 Å². The number of benzene rings is 1. The van der Waals surface area contributed by atoms with Crippen molar-refractivity contribution in [3.05, 3.63) is 29.8 Å². The molecule has 0 aliphatic rings. The number of nitrogens with zero attached hydrogens (tertiary/aromatic N) is 5. The van der Waals surface area contributed by atoms with E-state index in [4.69, 9.17) is 5.11 Å². The first-order chi connectivity index (χ1) is 9.33. The zero-order valence-corrected chi connectivity index (χ0v) is 11.4. The second-order valence-corrected chi connectivity index (χ2v) is 4.55. The number of likely N-dealkylation sites (N-methyl/N-ethyl adjacent to an activating group) is 1. The zero-order valence-electron chi connectivity index (χ0n) is 10.6. The zero-order chi connectivity index (χ0) is 13.5. The standard InChI is InChI=1S/C12H15N5OS/c1-2-17(7-8-18)11-5-3-10(4-6-11)14-16-12-15-13-9-19-12/h3-6,9,18H,2,7-8H2,1H3. The lowest BCUT2D eigenvalue weighted by molar-refractivity contribution is 0.302. The average molecular weight is 277 g/mol. The van der Waals surface area contributed by atoms with Gasteiger partial charge in [-0.25, -0.2) is 0 Å². The Morgan fingerprint density at radius 1 is 1.26 bits per heavy atom. The molecular weight excluding hydrogens is 262 g/mol. The van der Waals surface area contributed by atoms with Crippen molar-refractivity contribution >= 4 is 27.8 Å². The van der Waals surface area contributed by atoms with E-state index >= 15 is 0 Å². The van der Waals surface area contributed by atoms with E-state index in [0.717, 1.165) is 17.9 Å². The number of azo groups is 1. The van der Waals surface area contributed by atoms with Crippen molar-refractivity contribution in [2.75, 3.05) is 24.6 Å². The maximum absolute atomic E-state index is 8.99. The summed E-state index contributed by atoms with van der Waals surface area (Å²) in [5.41, 5.74) is 3.44. The maximum Gasteiger partial charge on any atom is 0.251 e. The van der Waals surface area contributed by atoms with Crippen LogP contribution in [0.3, 0.4) is 0 Å². The highest BCUT2D eigenvalue weighted by Crippen LogP contribution is 2.22. The Morgan fingerprint density at radius 3 is 2.63 bits per heavy atom. The minimum Gasteiger partial charge on any atom is -0.395 e. The van der Waals surface area contributed by atoms with Crippen LogP contribution in [0.25, 0.3) is 0 Å². The Kier molecular flexibility index (Phi) is 4.93. The van der Waals surface area contributed by atoms with Crippen LogP contribution >= 0.6 is 11.3 Å². The van der Waals surface area contributed by atoms with E-state index in [2.05, 4.69) is 32.2 Å². The van der Waals surface area contributed by atoms with Crippen LogP contribution < -0.4 is 4.90 Å². The van der Waals surface area contributed by atoms with Gasteiger partial charge in [-0.2, -0.15) is 0 Å². The van der Waals surface area contributed by atoms with Gasteiger partial charge in [0.15, 0.2) is 0 Å². The van der Waals surface area contributed by atoms with Gasteiger partial charge in [0.2, 0.25) is 0 Å². The molecule has 19 heavy (non-hydrogen) atoms. The van der Waals surface area contributed by atoms with Crippen LogP contribution in [0.4, 0.5) is 16.5 Å². The summed E-state index contributed by atoms with van der Waals surface area (Å²) >= 11 is 1.34. The molecule has 0 unspecified atom stereocenters. The Hall–Kier alpha value is -1.86. The third-order valence-electron chi connectivity index (χ3n) is 2.57. The van der Waals surface area contributed by atoms with Crippen molar-refractivity contribution in [2.24, 2.45) is 10.2 Å². The fraction of sp³-hybridized carbons (Fsp3) is 0.333. The first kappa shape index (κ1) is 13.6. The molecule has 100 valence electrons. The minimum atomic E-state index is 0.145. The number of hydrogen-bond acceptors (Lipinski definition) is 7. The number of rotatable bonds is 6. The number of aliphatic hydroxyl groups is 1. The predicted molar refractivity (Wildman–Crippen MR) is 75.5 cm³/mol. The molecule has 0 aliphatic carbocycles. The van der Waals surface area contributed by atoms with Gasteiger partial charge < -0.3 is 10.0 Å². The summed E-state index contributed by atoms with van der Waals surface area (Å²) in [6.07, 6.45) is 0. The van der Waals surface area contributed by atoms with Crippen LogP contribution in [0, 0.1) is 0 Å². The van der Waals surface area contributed by atoms with Crippen LogP contribution in [-0.4, -0.2) is 35.0 Å². The van der Waals surface area contributed by atoms with Crippen LogP contribution in [0.15, 0.2) is 40.0 Å². The van der Waals surface area contributed by atoms with Gasteiger partial charge in [-0.3, -0.25) is 0 Å². The van der Waals surface area contributed by atoms with E-state index in [-0.39, 0.29) is 6.61 Å². The highest BCUT2D eigenvalue weighted by molar-refractivity contribution is 7.13. The smallest absolute Gasteiger partial charge is 0.251 e. The highest BCUT2D eigenvalue weighted by Gasteiger charge is 2.02. The van der Waals surface area contributed by atoms with Gasteiger partial charge in [0.25, 0.3) is 5.13 Å². The molecular formula is C12H15N5OS. The predicted octanol–water partition coefficient (Wildman–Crippen LogP) is 2.77. The van der Waals surface area contributed by atoms with Crippen molar-refractivity contribution in [2.45, 2.75) is 6.92 Å². The fourth-order valence-corrected chi connectivity index (χ4v) is 2.00. The summed E-state index contributed by atoms with van der Waals surface area (Å²) in [5, 5.41) is 25.1. The Balaban J connectivity index is 2.05. The van der Waals surface area contributed by atoms with E-state index in [1.165, 1.54) is 11.3 Å². The summed E-state index contributed by atoms with van der Waals surface area (Å²) in [4.78, 5) is 2.09. The lowest BCUT2D eigenvalue weighted by atomic mass is 10.2. The van der Waals surface area contributed by atoms with Crippen LogP contribution in [0.5, 0.6) is 0 Å². The largest absolute Gasteiger partial charge is 0.395 e. The molecule has 1 heterocycles. The normalized spacial score (nSPS) is 11.1. The molecule has 0 radical (unpaired) electrons. The van der Waals surface area contributed by atoms with Crippen LogP contribution in [0.2, 0.25) is 0 Å². The lowest BCUT2D eigenvalue weighted by Gasteiger charge is -2.21. The second-order valence-electron chi connectivity index (χ2n) is 3.74. The summed E-state index contributed by atoms with van der Waals surface area (Å²) < 4.78 is 0. The Labute approximate surface area is 115 Å². The van der Waals surface area contributed by atoms with Gasteiger partial charge >= 0.3 is 0 Å². The molecule has 7 heteroatoms. The molecule has 0 atom stereocenters. The molecule has 6 nitrogen and oxygen atoms in total. The topological polar surface area (TPSA) is 74.0 Å². The fourth-order valence-electron chi connectivity index (χ4n) is 1.63. The molecule has 0 saturated heterocycles. The molecule has 2 aromatic rings. The van der Waals surface area contributed by atoms with Crippen molar-refractivity contribution in [3.8, 4) is 0 Å². The molecule has 0 fully saturated rings. The molecule has 0 saturated carbocycles. The maximum atomic E-state index is 8.99. The third kappa shape index (κ3) is 3.80. The van der Waals surface area contributed by atoms with Gasteiger partial charge in [0.05, 0.1) is 12.3 Å². The van der Waals surface area contributed by atoms with Crippen LogP contribution in [-0.2, 0) is 0 Å². The number of aromatic nitrogens is 2. The third-order valence-corrected chi connectivity index (χ3v) is 3.14. The SMILES string of the molecule is CCN(CCO)c1ccc(N=Nc2nncs2)cc1. The minimum absolute atomic E-state index is 0.145. The first-order valence-corrected chi connectivity index (χ1v) is 6.85. The molecule has 1 aromatic heterocycles. The van der Waals surface area contributed by atoms with Crippen molar-refractivity contribution in [3.63, 3.8) is 0 Å². The Morgan fingerprint density at radius 2 is 2.05 bits per heavy atom. The molecule has 0 amide bonds. The molecule has 0 aliphatic heterocycles. The summed E-state index contributed by atoms with van der Waals surface area (Å²) in [6.45, 7) is 3.68. The second kappa shape index (κ2) is 6.91. The number of hydrogen-bond donors (Lipinski definition) is 1. The van der Waals surface area contributed by atoms with Crippen LogP contribution in [0.1, 0.15) is 6.92 Å². The van der Waals surface area contributed by atoms with E-state index in [0.29, 0.717) is 11.7 Å². The van der Waals surface area contributed by atoms with Gasteiger partial charge in [0.1, 0.15) is 5.51 Å². The average Bonchev–Trinajstić information content (AvgIpc) is 2.96. The van der Waals surface area contributed by atoms with Crippen molar-refractivity contribution in [1.29, 1.82) is 0 Å². The van der Waals surface area contributed by atoms with E-state index in [1.807, 2.05) is 24.3 Å². The molecule has 2 rings (SSSR count). The Bertz CT molecular complexity index is 511. The first-order valence-electron chi connectivity index (χ1n) is 5.97. The number of aliphatic hydroxyl groups excluding tert-OH is 1. The van der Waals surface area contributed by atoms with Gasteiger partial charge in [0, 0.05) is 18.8 Å². The van der Waals surface area contributed by atoms with Crippen molar-refractivity contribution < 1.29 is 5.11 Å². The quantitative estimate of drug-likeness (QED) is 0.824. The van der Waals surface area contributed by atoms with Crippen molar-refractivity contribution in [1.82, 2.24) is 10.2 Å². The lowest BCUT2D eigenvalue weighted by Crippen LogP contribution is -2.25. The highest BCUT2D eigenvalue weighted by atomic mass is 32.1. The van der Waals surface area contributed by atoms with Gasteiger partial charge in [-0.15, -0.1) is 20.4 Å². The molecule has 1 aromatic carbocycles. The molecule has 0 spiro atoms. The monoisotopic (exact) mass is 277 g/mol.